The molecule has 1 saturated heterocycles. The number of carbonyl (C=O) groups is 1. The number of aromatic nitrogens is 3. The zero-order chi connectivity index (χ0) is 23.3. The highest BCUT2D eigenvalue weighted by atomic mass is 32.2. The minimum Gasteiger partial charge on any atom is -0.483 e. The van der Waals surface area contributed by atoms with E-state index in [9.17, 15) is 18.0 Å². The van der Waals surface area contributed by atoms with Gasteiger partial charge in [-0.2, -0.15) is 0 Å². The van der Waals surface area contributed by atoms with Crippen LogP contribution >= 0.6 is 0 Å². The van der Waals surface area contributed by atoms with Gasteiger partial charge in [-0.15, -0.1) is 0 Å². The number of hydrogen-bond acceptors (Lipinski definition) is 7. The van der Waals surface area contributed by atoms with Crippen molar-refractivity contribution in [1.29, 1.82) is 0 Å². The van der Waals surface area contributed by atoms with Crippen LogP contribution in [0.1, 0.15) is 5.56 Å². The van der Waals surface area contributed by atoms with E-state index in [0.29, 0.717) is 13.0 Å². The third-order valence-electron chi connectivity index (χ3n) is 5.13. The van der Waals surface area contributed by atoms with E-state index in [0.717, 1.165) is 10.1 Å². The lowest BCUT2D eigenvalue weighted by molar-refractivity contribution is -0.122. The second kappa shape index (κ2) is 9.85. The highest BCUT2D eigenvalue weighted by molar-refractivity contribution is 7.89. The first kappa shape index (κ1) is 23.3. The van der Waals surface area contributed by atoms with Gasteiger partial charge in [0.25, 0.3) is 12.0 Å². The number of nitrogens with one attached hydrogen (secondary N) is 2. The number of benzene rings is 1. The fourth-order valence-corrected chi connectivity index (χ4v) is 4.78. The lowest BCUT2D eigenvalue weighted by atomic mass is 9.96. The van der Waals surface area contributed by atoms with Crippen LogP contribution in [0.2, 0.25) is 0 Å². The Labute approximate surface area is 182 Å². The van der Waals surface area contributed by atoms with Crippen LogP contribution in [0.15, 0.2) is 57.2 Å². The van der Waals surface area contributed by atoms with E-state index >= 15 is 0 Å². The quantitative estimate of drug-likeness (QED) is 0.442. The van der Waals surface area contributed by atoms with Gasteiger partial charge in [0.1, 0.15) is 0 Å². The lowest BCUT2D eigenvalue weighted by Crippen LogP contribution is -2.40. The zero-order valence-electron chi connectivity index (χ0n) is 17.1. The fraction of sp³-hybridized carbons (Fsp3) is 0.300. The van der Waals surface area contributed by atoms with Crippen LogP contribution in [0, 0.1) is 5.92 Å². The molecule has 0 saturated carbocycles. The van der Waals surface area contributed by atoms with Crippen molar-refractivity contribution in [2.75, 3.05) is 13.2 Å². The highest BCUT2D eigenvalue weighted by Crippen LogP contribution is 2.22. The van der Waals surface area contributed by atoms with Crippen LogP contribution in [-0.4, -0.2) is 53.8 Å². The first-order valence-electron chi connectivity index (χ1n) is 9.56. The molecule has 0 aliphatic carbocycles. The molecule has 3 aromatic rings. The molecule has 0 bridgehead atoms. The van der Waals surface area contributed by atoms with Crippen molar-refractivity contribution in [2.24, 2.45) is 13.0 Å². The number of pyridine rings is 1. The minimum atomic E-state index is -3.88. The molecule has 2 atom stereocenters. The molecule has 0 spiro atoms. The molecule has 1 aromatic carbocycles. The zero-order valence-corrected chi connectivity index (χ0v) is 17.9. The average molecular weight is 462 g/mol. The molecular formula is C20H22N4O7S. The summed E-state index contributed by atoms with van der Waals surface area (Å²) in [6, 6.07) is 7.47. The minimum absolute atomic E-state index is 0.0168. The van der Waals surface area contributed by atoms with E-state index < -0.39 is 21.3 Å². The number of hydrogen-bond donors (Lipinski definition) is 3. The van der Waals surface area contributed by atoms with Crippen LogP contribution in [0.5, 0.6) is 0 Å². The van der Waals surface area contributed by atoms with E-state index in [1.165, 1.54) is 25.2 Å². The Bertz CT molecular complexity index is 1320. The van der Waals surface area contributed by atoms with Crippen LogP contribution in [0.4, 0.5) is 0 Å². The Morgan fingerprint density at radius 1 is 1.25 bits per heavy atom. The second-order valence-corrected chi connectivity index (χ2v) is 8.91. The van der Waals surface area contributed by atoms with Gasteiger partial charge in [-0.25, -0.2) is 17.9 Å². The van der Waals surface area contributed by atoms with Crippen LogP contribution in [0.25, 0.3) is 10.9 Å². The number of carboxylic acid groups (broad SMARTS) is 1. The smallest absolute Gasteiger partial charge is 0.328 e. The number of nitrogens with zero attached hydrogens (tertiary/aromatic N) is 2. The van der Waals surface area contributed by atoms with Crippen molar-refractivity contribution in [2.45, 2.75) is 17.4 Å². The summed E-state index contributed by atoms with van der Waals surface area (Å²) in [5.74, 6) is -0.0168. The van der Waals surface area contributed by atoms with Gasteiger partial charge >= 0.3 is 5.69 Å². The van der Waals surface area contributed by atoms with Crippen molar-refractivity contribution in [1.82, 2.24) is 19.3 Å². The molecule has 0 unspecified atom stereocenters. The van der Waals surface area contributed by atoms with Crippen LogP contribution in [-0.2, 0) is 33.0 Å². The molecule has 1 fully saturated rings. The maximum Gasteiger partial charge on any atom is 0.328 e. The summed E-state index contributed by atoms with van der Waals surface area (Å²) in [4.78, 5) is 38.9. The molecule has 3 heterocycles. The van der Waals surface area contributed by atoms with Crippen molar-refractivity contribution in [3.63, 3.8) is 0 Å². The summed E-state index contributed by atoms with van der Waals surface area (Å²) in [5.41, 5.74) is 0.230. The van der Waals surface area contributed by atoms with Gasteiger partial charge < -0.3 is 14.8 Å². The molecule has 170 valence electrons. The van der Waals surface area contributed by atoms with Gasteiger partial charge in [0.2, 0.25) is 10.0 Å². The van der Waals surface area contributed by atoms with Crippen molar-refractivity contribution >= 4 is 27.4 Å². The number of sulfonamides is 1. The summed E-state index contributed by atoms with van der Waals surface area (Å²) in [5, 5.41) is 7.02. The predicted molar refractivity (Wildman–Crippen MR) is 115 cm³/mol. The average Bonchev–Trinajstić information content (AvgIpc) is 3.19. The van der Waals surface area contributed by atoms with Crippen molar-refractivity contribution in [3.8, 4) is 0 Å². The molecule has 0 radical (unpaired) electrons. The van der Waals surface area contributed by atoms with Gasteiger partial charge in [-0.05, 0) is 42.3 Å². The lowest BCUT2D eigenvalue weighted by Gasteiger charge is -2.19. The Morgan fingerprint density at radius 2 is 1.94 bits per heavy atom. The Hall–Kier alpha value is -3.35. The van der Waals surface area contributed by atoms with E-state index in [1.807, 2.05) is 12.1 Å². The second-order valence-electron chi connectivity index (χ2n) is 7.19. The summed E-state index contributed by atoms with van der Waals surface area (Å²) in [6.45, 7) is 0.479. The van der Waals surface area contributed by atoms with Crippen molar-refractivity contribution < 1.29 is 23.1 Å². The van der Waals surface area contributed by atoms with Gasteiger partial charge in [0.05, 0.1) is 35.1 Å². The van der Waals surface area contributed by atoms with E-state index in [4.69, 9.17) is 14.6 Å². The highest BCUT2D eigenvalue weighted by Gasteiger charge is 2.32. The Balaban J connectivity index is 0.000000913. The molecule has 1 aliphatic heterocycles. The first-order valence-corrected chi connectivity index (χ1v) is 11.0. The van der Waals surface area contributed by atoms with Gasteiger partial charge in [0, 0.05) is 25.4 Å². The molecule has 12 heteroatoms. The number of aromatic amines is 1. The van der Waals surface area contributed by atoms with E-state index in [2.05, 4.69) is 14.7 Å². The summed E-state index contributed by atoms with van der Waals surface area (Å²) in [7, 11) is -2.55. The van der Waals surface area contributed by atoms with Crippen molar-refractivity contribution in [3.05, 3.63) is 69.1 Å². The Morgan fingerprint density at radius 3 is 2.62 bits per heavy atom. The third kappa shape index (κ3) is 5.10. The van der Waals surface area contributed by atoms with E-state index in [-0.39, 0.29) is 40.8 Å². The fourth-order valence-electron chi connectivity index (χ4n) is 3.47. The van der Waals surface area contributed by atoms with Gasteiger partial charge in [-0.3, -0.25) is 19.1 Å². The van der Waals surface area contributed by atoms with Gasteiger partial charge in [0.15, 0.2) is 0 Å². The van der Waals surface area contributed by atoms with Crippen LogP contribution < -0.4 is 16.0 Å². The molecule has 2 aromatic heterocycles. The van der Waals surface area contributed by atoms with Gasteiger partial charge in [-0.1, -0.05) is 0 Å². The topological polar surface area (TPSA) is 160 Å². The SMILES string of the molecule is Cn1c(=O)[nH]c2ccc(S(=O)(=O)N[C@@H]3COC[C@H]3Cc3ccncc3)cc2c1=O.O=CO. The first-order chi connectivity index (χ1) is 15.3. The monoisotopic (exact) mass is 462 g/mol. The molecule has 0 amide bonds. The number of rotatable bonds is 5. The summed E-state index contributed by atoms with van der Waals surface area (Å²) < 4.78 is 35.0. The predicted octanol–water partition coefficient (Wildman–Crippen LogP) is -0.141. The maximum atomic E-state index is 12.9. The molecular weight excluding hydrogens is 440 g/mol. The largest absolute Gasteiger partial charge is 0.483 e. The third-order valence-corrected chi connectivity index (χ3v) is 6.62. The maximum absolute atomic E-state index is 12.9. The molecule has 1 aliphatic rings. The number of fused-ring (bicyclic) bond motifs is 1. The normalized spacial score (nSPS) is 18.2. The number of H-pyrrole nitrogens is 1. The Kier molecular flexibility index (Phi) is 7.18. The molecule has 32 heavy (non-hydrogen) atoms. The summed E-state index contributed by atoms with van der Waals surface area (Å²) in [6.07, 6.45) is 4.06. The summed E-state index contributed by atoms with van der Waals surface area (Å²) >= 11 is 0. The molecule has 11 nitrogen and oxygen atoms in total. The van der Waals surface area contributed by atoms with Crippen LogP contribution in [0.3, 0.4) is 0 Å². The van der Waals surface area contributed by atoms with E-state index in [1.54, 1.807) is 12.4 Å². The molecule has 4 rings (SSSR count). The standard InChI is InChI=1S/C19H20N4O5S.CH2O2/c1-23-18(24)15-9-14(2-3-16(15)21-19(23)25)29(26,27)22-17-11-28-10-13(17)8-12-4-6-20-7-5-12;2-1-3/h2-7,9,13,17,22H,8,10-11H2,1H3,(H,21,25);1H,(H,2,3)/t13-,17-;/m1./s1. The molecule has 3 N–H and O–H groups in total. The number of ether oxygens (including phenoxy) is 1.